The summed E-state index contributed by atoms with van der Waals surface area (Å²) >= 11 is 0. The summed E-state index contributed by atoms with van der Waals surface area (Å²) in [5.74, 6) is -3.23. The molecule has 0 fully saturated rings. The molecular weight excluding hydrogens is 380 g/mol. The Bertz CT molecular complexity index is 1140. The highest BCUT2D eigenvalue weighted by atomic mass is 16.6. The quantitative estimate of drug-likeness (QED) is 0.226. The van der Waals surface area contributed by atoms with Gasteiger partial charge in [-0.15, -0.1) is 0 Å². The van der Waals surface area contributed by atoms with Crippen LogP contribution < -0.4 is 5.43 Å². The van der Waals surface area contributed by atoms with E-state index in [9.17, 15) is 24.8 Å². The van der Waals surface area contributed by atoms with Gasteiger partial charge in [-0.25, -0.2) is 14.6 Å². The van der Waals surface area contributed by atoms with Gasteiger partial charge in [0.1, 0.15) is 0 Å². The lowest BCUT2D eigenvalue weighted by atomic mass is 10.0. The number of hydrogen-bond donors (Lipinski definition) is 2. The standard InChI is InChI=1S/C19H14N4O6/c1-29-19(26)17(23(27)28)22-21-12-8-6-11(7-9-12)16-10-14(18(24)25)13-4-2-3-5-15(13)20-16/h2-10,21H,1H3,(H,24,25)/b22-17-. The Morgan fingerprint density at radius 1 is 1.17 bits per heavy atom. The zero-order valence-corrected chi connectivity index (χ0v) is 15.0. The van der Waals surface area contributed by atoms with Crippen molar-refractivity contribution >= 4 is 34.4 Å². The third kappa shape index (κ3) is 4.16. The Labute approximate surface area is 163 Å². The molecule has 0 saturated heterocycles. The number of ether oxygens (including phenoxy) is 1. The first-order valence-electron chi connectivity index (χ1n) is 8.20. The minimum absolute atomic E-state index is 0.131. The van der Waals surface area contributed by atoms with Crippen molar-refractivity contribution in [1.82, 2.24) is 4.98 Å². The van der Waals surface area contributed by atoms with Gasteiger partial charge in [0.25, 0.3) is 0 Å². The number of fused-ring (bicyclic) bond motifs is 1. The van der Waals surface area contributed by atoms with Gasteiger partial charge in [-0.3, -0.25) is 0 Å². The summed E-state index contributed by atoms with van der Waals surface area (Å²) in [6.07, 6.45) is 0. The van der Waals surface area contributed by atoms with Crippen LogP contribution in [0, 0.1) is 10.1 Å². The van der Waals surface area contributed by atoms with Crippen molar-refractivity contribution in [3.05, 3.63) is 70.3 Å². The molecule has 29 heavy (non-hydrogen) atoms. The highest BCUT2D eigenvalue weighted by Crippen LogP contribution is 2.26. The van der Waals surface area contributed by atoms with Gasteiger partial charge in [-0.05, 0) is 29.2 Å². The molecule has 0 bridgehead atoms. The van der Waals surface area contributed by atoms with Crippen LogP contribution in [0.1, 0.15) is 10.4 Å². The van der Waals surface area contributed by atoms with Crippen molar-refractivity contribution in [1.29, 1.82) is 0 Å². The molecule has 0 aliphatic rings. The Hall–Kier alpha value is -4.34. The highest BCUT2D eigenvalue weighted by Gasteiger charge is 2.25. The fourth-order valence-electron chi connectivity index (χ4n) is 2.59. The van der Waals surface area contributed by atoms with Crippen LogP contribution in [0.3, 0.4) is 0 Å². The number of aromatic carboxylic acids is 1. The summed E-state index contributed by atoms with van der Waals surface area (Å²) in [5.41, 5.74) is 4.55. The highest BCUT2D eigenvalue weighted by molar-refractivity contribution is 6.31. The van der Waals surface area contributed by atoms with E-state index < -0.39 is 22.7 Å². The Morgan fingerprint density at radius 3 is 2.48 bits per heavy atom. The van der Waals surface area contributed by atoms with E-state index in [-0.39, 0.29) is 5.56 Å². The van der Waals surface area contributed by atoms with Gasteiger partial charge in [-0.1, -0.05) is 30.3 Å². The second kappa shape index (κ2) is 8.13. The van der Waals surface area contributed by atoms with Crippen molar-refractivity contribution in [3.63, 3.8) is 0 Å². The molecule has 1 heterocycles. The first-order chi connectivity index (χ1) is 13.9. The summed E-state index contributed by atoms with van der Waals surface area (Å²) in [6.45, 7) is 0. The first-order valence-corrected chi connectivity index (χ1v) is 8.20. The molecule has 0 saturated carbocycles. The fraction of sp³-hybridized carbons (Fsp3) is 0.0526. The maximum Gasteiger partial charge on any atom is 0.473 e. The average molecular weight is 394 g/mol. The normalized spacial score (nSPS) is 11.1. The number of hydrogen-bond acceptors (Lipinski definition) is 8. The van der Waals surface area contributed by atoms with Crippen LogP contribution >= 0.6 is 0 Å². The lowest BCUT2D eigenvalue weighted by molar-refractivity contribution is -0.350. The number of benzene rings is 2. The van der Waals surface area contributed by atoms with E-state index in [0.29, 0.717) is 27.8 Å². The van der Waals surface area contributed by atoms with E-state index in [0.717, 1.165) is 7.11 Å². The zero-order valence-electron chi connectivity index (χ0n) is 15.0. The van der Waals surface area contributed by atoms with Crippen molar-refractivity contribution in [3.8, 4) is 11.3 Å². The van der Waals surface area contributed by atoms with Gasteiger partial charge in [0.2, 0.25) is 0 Å². The number of rotatable bonds is 4. The zero-order chi connectivity index (χ0) is 21.0. The van der Waals surface area contributed by atoms with Gasteiger partial charge >= 0.3 is 17.8 Å². The SMILES string of the molecule is COC(=O)/C(=N/Nc1ccc(-c2cc(C(=O)O)c3ccccc3n2)cc1)[N+](=O)[O-]. The second-order valence-electron chi connectivity index (χ2n) is 5.75. The minimum Gasteiger partial charge on any atom is -0.478 e. The number of aromatic nitrogens is 1. The number of carboxylic acid groups (broad SMARTS) is 1. The van der Waals surface area contributed by atoms with Gasteiger partial charge in [0, 0.05) is 10.9 Å². The number of pyridine rings is 1. The first kappa shape index (κ1) is 19.4. The predicted molar refractivity (Wildman–Crippen MR) is 104 cm³/mol. The number of anilines is 1. The van der Waals surface area contributed by atoms with E-state index in [2.05, 4.69) is 20.2 Å². The summed E-state index contributed by atoms with van der Waals surface area (Å²) in [5, 5.41) is 24.3. The maximum atomic E-state index is 11.6. The molecule has 1 aromatic heterocycles. The van der Waals surface area contributed by atoms with Gasteiger partial charge in [0.15, 0.2) is 0 Å². The number of carbonyl (C=O) groups excluding carboxylic acids is 1. The summed E-state index contributed by atoms with van der Waals surface area (Å²) in [7, 11) is 1.01. The average Bonchev–Trinajstić information content (AvgIpc) is 2.73. The van der Waals surface area contributed by atoms with E-state index >= 15 is 0 Å². The number of methoxy groups -OCH3 is 1. The van der Waals surface area contributed by atoms with Crippen LogP contribution in [0.15, 0.2) is 59.7 Å². The lowest BCUT2D eigenvalue weighted by Gasteiger charge is -2.07. The third-order valence-electron chi connectivity index (χ3n) is 3.96. The molecule has 2 aromatic carbocycles. The molecule has 3 rings (SSSR count). The van der Waals surface area contributed by atoms with Crippen molar-refractivity contribution in [2.24, 2.45) is 5.10 Å². The number of nitro groups is 1. The number of esters is 1. The van der Waals surface area contributed by atoms with Crippen molar-refractivity contribution in [2.75, 3.05) is 12.5 Å². The summed E-state index contributed by atoms with van der Waals surface area (Å²) in [6, 6.07) is 14.8. The molecule has 3 aromatic rings. The number of nitrogens with zero attached hydrogens (tertiary/aromatic N) is 3. The second-order valence-corrected chi connectivity index (χ2v) is 5.75. The molecule has 0 unspecified atom stereocenters. The lowest BCUT2D eigenvalue weighted by Crippen LogP contribution is -2.25. The number of hydrazone groups is 1. The maximum absolute atomic E-state index is 11.6. The summed E-state index contributed by atoms with van der Waals surface area (Å²) < 4.78 is 4.30. The van der Waals surface area contributed by atoms with E-state index in [1.54, 1.807) is 48.5 Å². The Morgan fingerprint density at radius 2 is 1.86 bits per heavy atom. The van der Waals surface area contributed by atoms with E-state index in [4.69, 9.17) is 0 Å². The van der Waals surface area contributed by atoms with E-state index in [1.165, 1.54) is 6.07 Å². The molecule has 0 aliphatic heterocycles. The molecule has 0 aliphatic carbocycles. The number of nitrogens with one attached hydrogen (secondary N) is 1. The van der Waals surface area contributed by atoms with Crippen molar-refractivity contribution < 1.29 is 24.4 Å². The molecule has 0 atom stereocenters. The van der Waals surface area contributed by atoms with Crippen LogP contribution in [0.25, 0.3) is 22.2 Å². The Balaban J connectivity index is 1.92. The van der Waals surface area contributed by atoms with Crippen molar-refractivity contribution in [2.45, 2.75) is 0 Å². The third-order valence-corrected chi connectivity index (χ3v) is 3.96. The minimum atomic E-state index is -1.18. The molecule has 10 heteroatoms. The van der Waals surface area contributed by atoms with Crippen LogP contribution in [0.5, 0.6) is 0 Å². The van der Waals surface area contributed by atoms with Crippen LogP contribution in [0.4, 0.5) is 5.69 Å². The number of amidine groups is 1. The number of carbonyl (C=O) groups is 2. The Kier molecular flexibility index (Phi) is 5.44. The number of carboxylic acids is 1. The van der Waals surface area contributed by atoms with Crippen LogP contribution in [-0.4, -0.2) is 39.9 Å². The molecule has 146 valence electrons. The topological polar surface area (TPSA) is 144 Å². The fourth-order valence-corrected chi connectivity index (χ4v) is 2.59. The molecule has 0 amide bonds. The smallest absolute Gasteiger partial charge is 0.473 e. The monoisotopic (exact) mass is 394 g/mol. The van der Waals surface area contributed by atoms with Gasteiger partial charge in [0.05, 0.1) is 34.7 Å². The van der Waals surface area contributed by atoms with Crippen LogP contribution in [-0.2, 0) is 9.53 Å². The van der Waals surface area contributed by atoms with Crippen LogP contribution in [0.2, 0.25) is 0 Å². The summed E-state index contributed by atoms with van der Waals surface area (Å²) in [4.78, 5) is 37.3. The molecule has 0 spiro atoms. The number of para-hydroxylation sites is 1. The largest absolute Gasteiger partial charge is 0.478 e. The molecule has 0 radical (unpaired) electrons. The molecule has 2 N–H and O–H groups in total. The molecular formula is C19H14N4O6. The molecule has 10 nitrogen and oxygen atoms in total. The van der Waals surface area contributed by atoms with Gasteiger partial charge in [-0.2, -0.15) is 5.43 Å². The van der Waals surface area contributed by atoms with Gasteiger partial charge < -0.3 is 20.0 Å². The van der Waals surface area contributed by atoms with E-state index in [1.807, 2.05) is 0 Å². The predicted octanol–water partition coefficient (Wildman–Crippen LogP) is 2.78.